The fourth-order valence-corrected chi connectivity index (χ4v) is 5.50. The number of hydrogen-bond donors (Lipinski definition) is 0. The first-order valence-corrected chi connectivity index (χ1v) is 12.1. The molecular weight excluding hydrogens is 466 g/mol. The van der Waals surface area contributed by atoms with Gasteiger partial charge in [-0.25, -0.2) is 0 Å². The van der Waals surface area contributed by atoms with Crippen molar-refractivity contribution < 1.29 is 23.7 Å². The Morgan fingerprint density at radius 2 is 1.54 bits per heavy atom. The quantitative estimate of drug-likeness (QED) is 0.456. The number of benzene rings is 3. The van der Waals surface area contributed by atoms with Gasteiger partial charge >= 0.3 is 0 Å². The number of ether oxygens (including phenoxy) is 4. The Kier molecular flexibility index (Phi) is 5.47. The molecule has 0 radical (unpaired) electrons. The fraction of sp³-hybridized carbons (Fsp3) is 0.321. The predicted molar refractivity (Wildman–Crippen MR) is 131 cm³/mol. The summed E-state index contributed by atoms with van der Waals surface area (Å²) in [6, 6.07) is 26.5. The molecule has 35 heavy (non-hydrogen) atoms. The molecule has 6 rings (SSSR count). The van der Waals surface area contributed by atoms with E-state index in [0.29, 0.717) is 11.6 Å². The van der Waals surface area contributed by atoms with Crippen molar-refractivity contribution in [1.82, 2.24) is 0 Å². The zero-order valence-electron chi connectivity index (χ0n) is 19.5. The second kappa shape index (κ2) is 8.43. The van der Waals surface area contributed by atoms with E-state index in [9.17, 15) is 4.79 Å². The van der Waals surface area contributed by atoms with Gasteiger partial charge in [-0.05, 0) is 49.2 Å². The van der Waals surface area contributed by atoms with E-state index < -0.39 is 35.9 Å². The van der Waals surface area contributed by atoms with Gasteiger partial charge in [0.15, 0.2) is 12.1 Å². The lowest BCUT2D eigenvalue weighted by Gasteiger charge is -2.55. The SMILES string of the molecule is CC1(C)O[C@H]2O[C@@]3(C(=O)N(c4ccc(Cl)cc4)[C@@H]3c3ccccc3)[C@H](OCc3ccccc3)[C@H]2O1. The first-order chi connectivity index (χ1) is 16.9. The summed E-state index contributed by atoms with van der Waals surface area (Å²) in [4.78, 5) is 15.8. The number of rotatable bonds is 5. The number of halogens is 1. The van der Waals surface area contributed by atoms with E-state index in [-0.39, 0.29) is 5.91 Å². The molecule has 3 aliphatic heterocycles. The highest BCUT2D eigenvalue weighted by molar-refractivity contribution is 6.30. The summed E-state index contributed by atoms with van der Waals surface area (Å²) in [5.74, 6) is -1.03. The topological polar surface area (TPSA) is 57.2 Å². The second-order valence-corrected chi connectivity index (χ2v) is 10.00. The van der Waals surface area contributed by atoms with Crippen molar-refractivity contribution in [2.75, 3.05) is 4.90 Å². The molecule has 0 unspecified atom stereocenters. The second-order valence-electron chi connectivity index (χ2n) is 9.56. The molecule has 3 heterocycles. The Hall–Kier alpha value is -2.74. The zero-order valence-corrected chi connectivity index (χ0v) is 20.2. The minimum Gasteiger partial charge on any atom is -0.367 e. The van der Waals surface area contributed by atoms with Crippen LogP contribution in [0.4, 0.5) is 5.69 Å². The Bertz CT molecular complexity index is 1220. The van der Waals surface area contributed by atoms with Gasteiger partial charge < -0.3 is 18.9 Å². The third-order valence-corrected chi connectivity index (χ3v) is 7.08. The van der Waals surface area contributed by atoms with Crippen molar-refractivity contribution in [3.05, 3.63) is 101 Å². The summed E-state index contributed by atoms with van der Waals surface area (Å²) in [7, 11) is 0. The van der Waals surface area contributed by atoms with Gasteiger partial charge in [-0.2, -0.15) is 0 Å². The van der Waals surface area contributed by atoms with Gasteiger partial charge in [0.2, 0.25) is 5.60 Å². The number of nitrogens with zero attached hydrogens (tertiary/aromatic N) is 1. The maximum Gasteiger partial charge on any atom is 0.265 e. The summed E-state index contributed by atoms with van der Waals surface area (Å²) in [5.41, 5.74) is 1.39. The van der Waals surface area contributed by atoms with E-state index in [4.69, 9.17) is 30.5 Å². The molecule has 1 spiro atoms. The molecule has 5 atom stereocenters. The average molecular weight is 492 g/mol. The van der Waals surface area contributed by atoms with E-state index >= 15 is 0 Å². The van der Waals surface area contributed by atoms with Crippen LogP contribution < -0.4 is 4.90 Å². The van der Waals surface area contributed by atoms with Crippen molar-refractivity contribution in [1.29, 1.82) is 0 Å². The maximum absolute atomic E-state index is 14.0. The van der Waals surface area contributed by atoms with Gasteiger partial charge in [-0.15, -0.1) is 0 Å². The van der Waals surface area contributed by atoms with Gasteiger partial charge in [-0.3, -0.25) is 9.69 Å². The molecule has 3 aromatic rings. The van der Waals surface area contributed by atoms with Crippen LogP contribution in [0.2, 0.25) is 5.02 Å². The number of β-lactam (4-membered cyclic amide) rings is 1. The van der Waals surface area contributed by atoms with Crippen LogP contribution in [0.5, 0.6) is 0 Å². The molecule has 0 aliphatic carbocycles. The number of fused-ring (bicyclic) bond motifs is 1. The number of carbonyl (C=O) groups is 1. The third kappa shape index (κ3) is 3.68. The highest BCUT2D eigenvalue weighted by atomic mass is 35.5. The van der Waals surface area contributed by atoms with Gasteiger partial charge in [0, 0.05) is 10.7 Å². The van der Waals surface area contributed by atoms with E-state index in [2.05, 4.69) is 0 Å². The van der Waals surface area contributed by atoms with Crippen LogP contribution in [-0.2, 0) is 30.3 Å². The van der Waals surface area contributed by atoms with Crippen LogP contribution in [0.15, 0.2) is 84.9 Å². The minimum absolute atomic E-state index is 0.189. The largest absolute Gasteiger partial charge is 0.367 e. The van der Waals surface area contributed by atoms with E-state index in [1.54, 1.807) is 17.0 Å². The van der Waals surface area contributed by atoms with E-state index in [1.807, 2.05) is 86.6 Å². The van der Waals surface area contributed by atoms with Crippen LogP contribution in [0.25, 0.3) is 0 Å². The van der Waals surface area contributed by atoms with Crippen LogP contribution in [-0.4, -0.2) is 35.8 Å². The molecule has 0 bridgehead atoms. The molecule has 7 heteroatoms. The highest BCUT2D eigenvalue weighted by Gasteiger charge is 2.76. The molecule has 3 aromatic carbocycles. The smallest absolute Gasteiger partial charge is 0.265 e. The lowest BCUT2D eigenvalue weighted by Crippen LogP contribution is -2.74. The number of carbonyl (C=O) groups excluding carboxylic acids is 1. The Morgan fingerprint density at radius 1 is 0.886 bits per heavy atom. The molecule has 6 nitrogen and oxygen atoms in total. The molecular formula is C28H26ClNO5. The van der Waals surface area contributed by atoms with Gasteiger partial charge in [0.25, 0.3) is 5.91 Å². The van der Waals surface area contributed by atoms with Crippen LogP contribution in [0.3, 0.4) is 0 Å². The number of hydrogen-bond acceptors (Lipinski definition) is 5. The van der Waals surface area contributed by atoms with Crippen LogP contribution in [0, 0.1) is 0 Å². The Balaban J connectivity index is 1.42. The monoisotopic (exact) mass is 491 g/mol. The van der Waals surface area contributed by atoms with Crippen molar-refractivity contribution in [3.8, 4) is 0 Å². The molecule has 3 fully saturated rings. The molecule has 3 aliphatic rings. The normalized spacial score (nSPS) is 30.9. The molecule has 0 N–H and O–H groups in total. The lowest BCUT2D eigenvalue weighted by molar-refractivity contribution is -0.255. The fourth-order valence-electron chi connectivity index (χ4n) is 5.38. The summed E-state index contributed by atoms with van der Waals surface area (Å²) in [6.07, 6.45) is -1.93. The summed E-state index contributed by atoms with van der Waals surface area (Å²) < 4.78 is 25.3. The standard InChI is InChI=1S/C28H26ClNO5/c1-27(2)33-22-24(32-17-18-9-5-3-6-10-18)28(35-25(22)34-27)23(19-11-7-4-8-12-19)30(26(28)31)21-15-13-20(29)14-16-21/h3-16,22-25H,17H2,1-2H3/t22-,23-,24-,25+,28-/m1/s1. The highest BCUT2D eigenvalue weighted by Crippen LogP contribution is 2.58. The Labute approximate surface area is 209 Å². The zero-order chi connectivity index (χ0) is 24.2. The van der Waals surface area contributed by atoms with Gasteiger partial charge in [0.1, 0.15) is 18.2 Å². The predicted octanol–water partition coefficient (Wildman–Crippen LogP) is 5.26. The third-order valence-electron chi connectivity index (χ3n) is 6.83. The molecule has 180 valence electrons. The van der Waals surface area contributed by atoms with Crippen LogP contribution in [0.1, 0.15) is 31.0 Å². The first-order valence-electron chi connectivity index (χ1n) is 11.7. The number of amides is 1. The molecule has 3 saturated heterocycles. The summed E-state index contributed by atoms with van der Waals surface area (Å²) >= 11 is 6.12. The number of anilines is 1. The summed E-state index contributed by atoms with van der Waals surface area (Å²) in [6.45, 7) is 4.00. The van der Waals surface area contributed by atoms with E-state index in [1.165, 1.54) is 0 Å². The summed E-state index contributed by atoms with van der Waals surface area (Å²) in [5, 5.41) is 0.604. The van der Waals surface area contributed by atoms with Crippen molar-refractivity contribution >= 4 is 23.2 Å². The van der Waals surface area contributed by atoms with Crippen molar-refractivity contribution in [2.45, 2.75) is 56.4 Å². The Morgan fingerprint density at radius 3 is 2.23 bits per heavy atom. The average Bonchev–Trinajstić information content (AvgIpc) is 3.33. The van der Waals surface area contributed by atoms with Gasteiger partial charge in [-0.1, -0.05) is 72.3 Å². The van der Waals surface area contributed by atoms with E-state index in [0.717, 1.165) is 16.8 Å². The molecule has 0 aromatic heterocycles. The minimum atomic E-state index is -1.29. The first kappa shape index (κ1) is 22.7. The molecule has 1 amide bonds. The van der Waals surface area contributed by atoms with Crippen LogP contribution >= 0.6 is 11.6 Å². The van der Waals surface area contributed by atoms with Crippen molar-refractivity contribution in [3.63, 3.8) is 0 Å². The maximum atomic E-state index is 14.0. The van der Waals surface area contributed by atoms with Gasteiger partial charge in [0.05, 0.1) is 6.61 Å². The van der Waals surface area contributed by atoms with Crippen molar-refractivity contribution in [2.24, 2.45) is 0 Å². The lowest BCUT2D eigenvalue weighted by atomic mass is 9.73. The molecule has 0 saturated carbocycles.